The van der Waals surface area contributed by atoms with E-state index in [0.717, 1.165) is 5.56 Å². The van der Waals surface area contributed by atoms with Crippen molar-refractivity contribution in [2.45, 2.75) is 45.5 Å². The molecule has 2 aromatic carbocycles. The first-order valence-electron chi connectivity index (χ1n) is 10.1. The number of amides is 1. The average Bonchev–Trinajstić information content (AvgIpc) is 3.08. The van der Waals surface area contributed by atoms with Gasteiger partial charge in [-0.2, -0.15) is 21.6 Å². The molecule has 1 aliphatic heterocycles. The van der Waals surface area contributed by atoms with Crippen molar-refractivity contribution in [2.75, 3.05) is 6.61 Å². The fourth-order valence-corrected chi connectivity index (χ4v) is 4.36. The van der Waals surface area contributed by atoms with Crippen LogP contribution in [0.3, 0.4) is 0 Å². The molecule has 0 spiro atoms. The van der Waals surface area contributed by atoms with Gasteiger partial charge in [0.2, 0.25) is 0 Å². The molecule has 0 aromatic heterocycles. The van der Waals surface area contributed by atoms with E-state index in [0.29, 0.717) is 0 Å². The Bertz CT molecular complexity index is 1230. The normalized spacial score (nSPS) is 14.7. The van der Waals surface area contributed by atoms with E-state index >= 15 is 0 Å². The minimum absolute atomic E-state index is 0.0338. The Labute approximate surface area is 194 Å². The first kappa shape index (κ1) is 25.5. The summed E-state index contributed by atoms with van der Waals surface area (Å²) in [5.41, 5.74) is -5.42. The highest BCUT2D eigenvalue weighted by molar-refractivity contribution is 7.88. The second-order valence-electron chi connectivity index (χ2n) is 7.63. The molecule has 1 heterocycles. The van der Waals surface area contributed by atoms with Gasteiger partial charge in [-0.15, -0.1) is 0 Å². The molecule has 1 N–H and O–H groups in total. The highest BCUT2D eigenvalue weighted by atomic mass is 32.2. The maximum absolute atomic E-state index is 13.2. The third-order valence-electron chi connectivity index (χ3n) is 5.44. The van der Waals surface area contributed by atoms with E-state index in [1.165, 1.54) is 25.7 Å². The van der Waals surface area contributed by atoms with Crippen LogP contribution in [0.5, 0.6) is 5.75 Å². The van der Waals surface area contributed by atoms with Gasteiger partial charge in [-0.3, -0.25) is 4.79 Å². The van der Waals surface area contributed by atoms with Crippen molar-refractivity contribution >= 4 is 22.0 Å². The fraction of sp³-hybridized carbons (Fsp3) is 0.364. The lowest BCUT2D eigenvalue weighted by Crippen LogP contribution is -2.30. The molecule has 0 radical (unpaired) electrons. The molecule has 0 saturated heterocycles. The van der Waals surface area contributed by atoms with Crippen molar-refractivity contribution in [2.24, 2.45) is 0 Å². The van der Waals surface area contributed by atoms with E-state index < -0.39 is 44.9 Å². The topological polar surface area (TPSA) is 110 Å². The second kappa shape index (κ2) is 9.26. The average molecular weight is 501 g/mol. The molecular formula is C22H22F3NO7S. The van der Waals surface area contributed by atoms with Crippen molar-refractivity contribution in [3.8, 4) is 5.75 Å². The van der Waals surface area contributed by atoms with Crippen LogP contribution in [0.15, 0.2) is 30.3 Å². The summed E-state index contributed by atoms with van der Waals surface area (Å²) in [4.78, 5) is 26.8. The van der Waals surface area contributed by atoms with E-state index in [9.17, 15) is 36.3 Å². The lowest BCUT2D eigenvalue weighted by molar-refractivity contribution is -0.153. The van der Waals surface area contributed by atoms with Crippen molar-refractivity contribution in [3.63, 3.8) is 0 Å². The molecule has 12 heteroatoms. The van der Waals surface area contributed by atoms with Crippen molar-refractivity contribution in [3.05, 3.63) is 63.7 Å². The van der Waals surface area contributed by atoms with Gasteiger partial charge in [0, 0.05) is 24.2 Å². The quantitative estimate of drug-likeness (QED) is 0.352. The Morgan fingerprint density at radius 1 is 1.18 bits per heavy atom. The number of halogens is 3. The summed E-state index contributed by atoms with van der Waals surface area (Å²) >= 11 is 0. The number of carbonyl (C=O) groups excluding carboxylic acids is 2. The van der Waals surface area contributed by atoms with Gasteiger partial charge in [-0.1, -0.05) is 30.3 Å². The SMILES string of the molecule is CCOC(=O)[C@@H](O)c1c(C)c2c(c(C)c1OS(=O)(=O)C(F)(F)F)CN(Cc1ccccc1)C2=O. The molecule has 0 unspecified atom stereocenters. The standard InChI is InChI=1S/C22H22F3NO7S/c1-4-32-21(29)18(27)17-13(3)16-15(12(2)19(17)33-34(30,31)22(23,24)25)11-26(20(16)28)10-14-8-6-5-7-9-14/h5-9,18,27H,4,10-11H2,1-3H3/t18-/m0/s1. The third-order valence-corrected chi connectivity index (χ3v) is 6.40. The monoisotopic (exact) mass is 501 g/mol. The van der Waals surface area contributed by atoms with Gasteiger partial charge in [-0.05, 0) is 43.0 Å². The summed E-state index contributed by atoms with van der Waals surface area (Å²) in [5.74, 6) is -2.57. The lowest BCUT2D eigenvalue weighted by Gasteiger charge is -2.22. The maximum Gasteiger partial charge on any atom is 0.534 e. The first-order valence-corrected chi connectivity index (χ1v) is 11.6. The number of benzene rings is 2. The zero-order valence-corrected chi connectivity index (χ0v) is 19.3. The molecule has 3 rings (SSSR count). The Morgan fingerprint density at radius 3 is 2.35 bits per heavy atom. The number of alkyl halides is 3. The summed E-state index contributed by atoms with van der Waals surface area (Å²) in [6, 6.07) is 8.93. The second-order valence-corrected chi connectivity index (χ2v) is 9.17. The third kappa shape index (κ3) is 4.60. The largest absolute Gasteiger partial charge is 0.534 e. The van der Waals surface area contributed by atoms with Gasteiger partial charge in [0.25, 0.3) is 5.91 Å². The molecular weight excluding hydrogens is 479 g/mol. The molecule has 8 nitrogen and oxygen atoms in total. The molecule has 1 amide bonds. The minimum atomic E-state index is -6.14. The predicted molar refractivity (Wildman–Crippen MR) is 113 cm³/mol. The number of esters is 1. The highest BCUT2D eigenvalue weighted by Gasteiger charge is 2.50. The van der Waals surface area contributed by atoms with Crippen LogP contribution in [0.1, 0.15) is 51.2 Å². The van der Waals surface area contributed by atoms with E-state index in [4.69, 9.17) is 4.74 Å². The molecule has 184 valence electrons. The van der Waals surface area contributed by atoms with Crippen LogP contribution in [0.4, 0.5) is 13.2 Å². The van der Waals surface area contributed by atoms with Crippen LogP contribution in [0, 0.1) is 13.8 Å². The number of aliphatic hydroxyl groups excluding tert-OH is 1. The van der Waals surface area contributed by atoms with E-state index in [1.54, 1.807) is 30.3 Å². The molecule has 1 atom stereocenters. The molecule has 1 aliphatic rings. The van der Waals surface area contributed by atoms with Crippen LogP contribution in [-0.2, 0) is 32.7 Å². The number of hydrogen-bond acceptors (Lipinski definition) is 7. The summed E-state index contributed by atoms with van der Waals surface area (Å²) in [7, 11) is -6.14. The van der Waals surface area contributed by atoms with Crippen LogP contribution in [-0.4, -0.2) is 42.4 Å². The molecule has 0 bridgehead atoms. The first-order chi connectivity index (χ1) is 15.8. The number of ether oxygens (including phenoxy) is 1. The predicted octanol–water partition coefficient (Wildman–Crippen LogP) is 3.28. The Kier molecular flexibility index (Phi) is 6.94. The van der Waals surface area contributed by atoms with Crippen molar-refractivity contribution in [1.29, 1.82) is 0 Å². The molecule has 2 aromatic rings. The van der Waals surface area contributed by atoms with Gasteiger partial charge < -0.3 is 18.9 Å². The number of carbonyl (C=O) groups is 2. The van der Waals surface area contributed by atoms with Crippen LogP contribution < -0.4 is 4.18 Å². The summed E-state index contributed by atoms with van der Waals surface area (Å²) in [5, 5.41) is 10.6. The van der Waals surface area contributed by atoms with Gasteiger partial charge >= 0.3 is 21.6 Å². The molecule has 0 fully saturated rings. The van der Waals surface area contributed by atoms with Crippen LogP contribution in [0.2, 0.25) is 0 Å². The van der Waals surface area contributed by atoms with Gasteiger partial charge in [-0.25, -0.2) is 4.79 Å². The Hall–Kier alpha value is -3.12. The Balaban J connectivity index is 2.17. The minimum Gasteiger partial charge on any atom is -0.464 e. The number of aliphatic hydroxyl groups is 1. The van der Waals surface area contributed by atoms with E-state index in [2.05, 4.69) is 4.18 Å². The highest BCUT2D eigenvalue weighted by Crippen LogP contribution is 2.43. The van der Waals surface area contributed by atoms with E-state index in [1.807, 2.05) is 0 Å². The summed E-state index contributed by atoms with van der Waals surface area (Å²) < 4.78 is 72.0. The number of hydrogen-bond donors (Lipinski definition) is 1. The van der Waals surface area contributed by atoms with Gasteiger partial charge in [0.15, 0.2) is 11.9 Å². The molecule has 34 heavy (non-hydrogen) atoms. The number of rotatable bonds is 7. The smallest absolute Gasteiger partial charge is 0.464 e. The van der Waals surface area contributed by atoms with Gasteiger partial charge in [0.05, 0.1) is 6.61 Å². The van der Waals surface area contributed by atoms with Gasteiger partial charge in [0.1, 0.15) is 0 Å². The van der Waals surface area contributed by atoms with Crippen molar-refractivity contribution < 1.29 is 45.2 Å². The summed E-state index contributed by atoms with van der Waals surface area (Å²) in [6.45, 7) is 4.00. The van der Waals surface area contributed by atoms with E-state index in [-0.39, 0.29) is 42.0 Å². The molecule has 0 aliphatic carbocycles. The maximum atomic E-state index is 13.2. The van der Waals surface area contributed by atoms with Crippen molar-refractivity contribution in [1.82, 2.24) is 4.90 Å². The summed E-state index contributed by atoms with van der Waals surface area (Å²) in [6.07, 6.45) is -2.18. The Morgan fingerprint density at radius 2 is 1.79 bits per heavy atom. The zero-order chi connectivity index (χ0) is 25.4. The van der Waals surface area contributed by atoms with Crippen LogP contribution >= 0.6 is 0 Å². The molecule has 0 saturated carbocycles. The zero-order valence-electron chi connectivity index (χ0n) is 18.5. The van der Waals surface area contributed by atoms with Crippen LogP contribution in [0.25, 0.3) is 0 Å². The lowest BCUT2D eigenvalue weighted by atomic mass is 9.90. The number of nitrogens with zero attached hydrogens (tertiary/aromatic N) is 1. The number of fused-ring (bicyclic) bond motifs is 1. The fourth-order valence-electron chi connectivity index (χ4n) is 3.83.